The fourth-order valence-electron chi connectivity index (χ4n) is 4.67. The maximum absolute atomic E-state index is 13.4. The number of aliphatic carboxylic acids is 1. The highest BCUT2D eigenvalue weighted by Crippen LogP contribution is 2.19. The summed E-state index contributed by atoms with van der Waals surface area (Å²) in [5.74, 6) is -2.73. The summed E-state index contributed by atoms with van der Waals surface area (Å²) in [4.78, 5) is 54.5. The highest BCUT2D eigenvalue weighted by Gasteiger charge is 2.30. The van der Waals surface area contributed by atoms with E-state index in [0.717, 1.165) is 16.5 Å². The van der Waals surface area contributed by atoms with E-state index in [2.05, 4.69) is 20.9 Å². The summed E-state index contributed by atoms with van der Waals surface area (Å²) < 4.78 is 0. The van der Waals surface area contributed by atoms with E-state index in [1.54, 1.807) is 0 Å². The van der Waals surface area contributed by atoms with Crippen molar-refractivity contribution in [3.05, 3.63) is 36.0 Å². The van der Waals surface area contributed by atoms with Crippen LogP contribution in [0.5, 0.6) is 0 Å². The molecule has 11 N–H and O–H groups in total. The van der Waals surface area contributed by atoms with Crippen LogP contribution < -0.4 is 33.2 Å². The summed E-state index contributed by atoms with van der Waals surface area (Å²) in [6.45, 7) is 4.65. The van der Waals surface area contributed by atoms with Crippen molar-refractivity contribution < 1.29 is 24.3 Å². The van der Waals surface area contributed by atoms with Crippen LogP contribution in [0.1, 0.15) is 64.4 Å². The van der Waals surface area contributed by atoms with Gasteiger partial charge in [-0.15, -0.1) is 0 Å². The van der Waals surface area contributed by atoms with Gasteiger partial charge >= 0.3 is 5.97 Å². The Labute approximate surface area is 241 Å². The van der Waals surface area contributed by atoms with E-state index in [4.69, 9.17) is 17.2 Å². The zero-order valence-corrected chi connectivity index (χ0v) is 24.2. The maximum atomic E-state index is 13.4. The van der Waals surface area contributed by atoms with Crippen molar-refractivity contribution in [1.29, 1.82) is 0 Å². The molecule has 41 heavy (non-hydrogen) atoms. The molecule has 0 aliphatic heterocycles. The minimum Gasteiger partial charge on any atom is -0.480 e. The highest BCUT2D eigenvalue weighted by atomic mass is 16.4. The molecule has 2 aromatic rings. The van der Waals surface area contributed by atoms with Gasteiger partial charge in [-0.2, -0.15) is 0 Å². The molecule has 12 heteroatoms. The van der Waals surface area contributed by atoms with Crippen molar-refractivity contribution in [2.75, 3.05) is 13.1 Å². The molecule has 0 aliphatic carbocycles. The summed E-state index contributed by atoms with van der Waals surface area (Å²) in [6, 6.07) is 3.79. The molecule has 228 valence electrons. The number of fused-ring (bicyclic) bond motifs is 1. The number of hydrogen-bond acceptors (Lipinski definition) is 7. The summed E-state index contributed by atoms with van der Waals surface area (Å²) in [7, 11) is 0. The monoisotopic (exact) mass is 573 g/mol. The van der Waals surface area contributed by atoms with Gasteiger partial charge in [-0.25, -0.2) is 4.79 Å². The highest BCUT2D eigenvalue weighted by molar-refractivity contribution is 5.94. The lowest BCUT2D eigenvalue weighted by Crippen LogP contribution is -2.57. The Morgan fingerprint density at radius 2 is 1.39 bits per heavy atom. The van der Waals surface area contributed by atoms with Crippen molar-refractivity contribution in [2.24, 2.45) is 23.1 Å². The van der Waals surface area contributed by atoms with Crippen LogP contribution in [0.4, 0.5) is 0 Å². The molecule has 0 saturated heterocycles. The quantitative estimate of drug-likeness (QED) is 0.112. The lowest BCUT2D eigenvalue weighted by Gasteiger charge is -2.26. The molecule has 4 atom stereocenters. The molecule has 0 saturated carbocycles. The molecule has 1 aromatic carbocycles. The molecule has 4 unspecified atom stereocenters. The van der Waals surface area contributed by atoms with E-state index in [-0.39, 0.29) is 25.2 Å². The molecule has 0 spiro atoms. The average Bonchev–Trinajstić information content (AvgIpc) is 3.33. The lowest BCUT2D eigenvalue weighted by molar-refractivity contribution is -0.142. The molecular weight excluding hydrogens is 526 g/mol. The number of unbranched alkanes of at least 4 members (excludes halogenated alkanes) is 2. The second-order valence-electron chi connectivity index (χ2n) is 10.9. The Morgan fingerprint density at radius 3 is 2.00 bits per heavy atom. The molecule has 0 radical (unpaired) electrons. The number of H-pyrrole nitrogens is 1. The summed E-state index contributed by atoms with van der Waals surface area (Å²) in [5, 5.41) is 18.6. The van der Waals surface area contributed by atoms with Gasteiger partial charge in [0.25, 0.3) is 0 Å². The lowest BCUT2D eigenvalue weighted by atomic mass is 10.0. The van der Waals surface area contributed by atoms with Crippen LogP contribution in [-0.2, 0) is 25.6 Å². The number of carboxylic acids is 1. The van der Waals surface area contributed by atoms with Gasteiger partial charge in [0.2, 0.25) is 17.7 Å². The first-order chi connectivity index (χ1) is 19.6. The van der Waals surface area contributed by atoms with Gasteiger partial charge < -0.3 is 43.2 Å². The van der Waals surface area contributed by atoms with Crippen molar-refractivity contribution >= 4 is 34.6 Å². The topological polar surface area (TPSA) is 218 Å². The Hall–Kier alpha value is -3.48. The van der Waals surface area contributed by atoms with E-state index < -0.39 is 47.9 Å². The van der Waals surface area contributed by atoms with Crippen LogP contribution >= 0.6 is 0 Å². The number of benzene rings is 1. The van der Waals surface area contributed by atoms with Crippen LogP contribution in [0.25, 0.3) is 10.9 Å². The Bertz CT molecular complexity index is 1140. The van der Waals surface area contributed by atoms with E-state index >= 15 is 0 Å². The number of para-hydroxylation sites is 1. The largest absolute Gasteiger partial charge is 0.480 e. The van der Waals surface area contributed by atoms with Crippen LogP contribution in [0.2, 0.25) is 0 Å². The molecule has 1 heterocycles. The standard InChI is InChI=1S/C29H47N7O5/c1-18(2)15-25(28(39)35-24(29(40)41)12-6-8-14-31)36-27(38)23(11-5-7-13-30)34-26(37)21(32)16-19-17-33-22-10-4-3-9-20(19)22/h3-4,9-10,17-18,21,23-25,33H,5-8,11-16,30-32H2,1-2H3,(H,34,37)(H,35,39)(H,36,38)(H,40,41). The van der Waals surface area contributed by atoms with Gasteiger partial charge in [-0.1, -0.05) is 32.0 Å². The Morgan fingerprint density at radius 1 is 0.829 bits per heavy atom. The molecule has 0 fully saturated rings. The van der Waals surface area contributed by atoms with Crippen molar-refractivity contribution in [3.8, 4) is 0 Å². The molecular formula is C29H47N7O5. The number of nitrogens with two attached hydrogens (primary N) is 3. The number of carbonyl (C=O) groups is 4. The van der Waals surface area contributed by atoms with Crippen LogP contribution in [0.3, 0.4) is 0 Å². The fraction of sp³-hybridized carbons (Fsp3) is 0.586. The second kappa shape index (κ2) is 17.4. The third kappa shape index (κ3) is 11.1. The molecule has 1 aromatic heterocycles. The van der Waals surface area contributed by atoms with E-state index in [1.165, 1.54) is 0 Å². The van der Waals surface area contributed by atoms with E-state index in [9.17, 15) is 24.3 Å². The van der Waals surface area contributed by atoms with Crippen molar-refractivity contribution in [2.45, 2.75) is 89.4 Å². The Balaban J connectivity index is 2.12. The molecule has 12 nitrogen and oxygen atoms in total. The normalized spacial score (nSPS) is 14.3. The maximum Gasteiger partial charge on any atom is 0.326 e. The van der Waals surface area contributed by atoms with Gasteiger partial charge in [-0.05, 0) is 82.0 Å². The van der Waals surface area contributed by atoms with E-state index in [1.807, 2.05) is 44.3 Å². The second-order valence-corrected chi connectivity index (χ2v) is 10.9. The predicted octanol–water partition coefficient (Wildman–Crippen LogP) is 0.881. The summed E-state index contributed by atoms with van der Waals surface area (Å²) in [6.07, 6.45) is 5.33. The van der Waals surface area contributed by atoms with Gasteiger partial charge in [0, 0.05) is 17.1 Å². The van der Waals surface area contributed by atoms with Crippen LogP contribution in [0, 0.1) is 5.92 Å². The van der Waals surface area contributed by atoms with Gasteiger partial charge in [0.15, 0.2) is 0 Å². The summed E-state index contributed by atoms with van der Waals surface area (Å²) >= 11 is 0. The number of carbonyl (C=O) groups excluding carboxylic acids is 3. The first-order valence-electron chi connectivity index (χ1n) is 14.4. The average molecular weight is 574 g/mol. The molecule has 2 rings (SSSR count). The van der Waals surface area contributed by atoms with Crippen molar-refractivity contribution in [3.63, 3.8) is 0 Å². The number of carboxylic acid groups (broad SMARTS) is 1. The van der Waals surface area contributed by atoms with Gasteiger partial charge in [-0.3, -0.25) is 14.4 Å². The van der Waals surface area contributed by atoms with Crippen LogP contribution in [-0.4, -0.2) is 71.0 Å². The molecule has 3 amide bonds. The fourth-order valence-corrected chi connectivity index (χ4v) is 4.67. The predicted molar refractivity (Wildman–Crippen MR) is 159 cm³/mol. The number of amides is 3. The molecule has 0 bridgehead atoms. The third-order valence-electron chi connectivity index (χ3n) is 6.93. The number of nitrogens with one attached hydrogen (secondary N) is 4. The Kier molecular flexibility index (Phi) is 14.3. The number of aromatic amines is 1. The van der Waals surface area contributed by atoms with Crippen molar-refractivity contribution in [1.82, 2.24) is 20.9 Å². The SMILES string of the molecule is CC(C)CC(NC(=O)C(CCCCN)NC(=O)C(N)Cc1c[nH]c2ccccc12)C(=O)NC(CCCCN)C(=O)O. The zero-order valence-electron chi connectivity index (χ0n) is 24.2. The van der Waals surface area contributed by atoms with Gasteiger partial charge in [0.1, 0.15) is 18.1 Å². The first kappa shape index (κ1) is 33.7. The van der Waals surface area contributed by atoms with E-state index in [0.29, 0.717) is 45.2 Å². The number of rotatable bonds is 19. The third-order valence-corrected chi connectivity index (χ3v) is 6.93. The minimum absolute atomic E-state index is 0.0291. The first-order valence-corrected chi connectivity index (χ1v) is 14.4. The number of aromatic nitrogens is 1. The minimum atomic E-state index is -1.15. The van der Waals surface area contributed by atoms with Crippen LogP contribution in [0.15, 0.2) is 30.5 Å². The summed E-state index contributed by atoms with van der Waals surface area (Å²) in [5.41, 5.74) is 19.2. The number of hydrogen-bond donors (Lipinski definition) is 8. The smallest absolute Gasteiger partial charge is 0.326 e. The van der Waals surface area contributed by atoms with Gasteiger partial charge in [0.05, 0.1) is 6.04 Å². The molecule has 0 aliphatic rings. The zero-order chi connectivity index (χ0) is 30.4.